The quantitative estimate of drug-likeness (QED) is 0.904. The molecule has 2 rings (SSSR count). The van der Waals surface area contributed by atoms with Crippen molar-refractivity contribution >= 4 is 0 Å². The third kappa shape index (κ3) is 3.62. The lowest BCUT2D eigenvalue weighted by Gasteiger charge is -2.29. The van der Waals surface area contributed by atoms with Crippen molar-refractivity contribution in [2.45, 2.75) is 44.5 Å². The summed E-state index contributed by atoms with van der Waals surface area (Å²) >= 11 is 0. The van der Waals surface area contributed by atoms with Crippen LogP contribution in [-0.4, -0.2) is 18.4 Å². The minimum atomic E-state index is -4.64. The highest BCUT2D eigenvalue weighted by Crippen LogP contribution is 2.33. The summed E-state index contributed by atoms with van der Waals surface area (Å²) in [6, 6.07) is 6.39. The average molecular weight is 273 g/mol. The first-order chi connectivity index (χ1) is 8.94. The molecule has 1 heterocycles. The van der Waals surface area contributed by atoms with Crippen LogP contribution in [0, 0.1) is 0 Å². The van der Waals surface area contributed by atoms with Crippen molar-refractivity contribution in [2.24, 2.45) is 0 Å². The molecule has 0 spiro atoms. The SMILES string of the molecule is CCC1(Cc2ccccc2OC(F)(F)F)CCCN1. The summed E-state index contributed by atoms with van der Waals surface area (Å²) in [6.45, 7) is 2.99. The Kier molecular flexibility index (Phi) is 4.04. The van der Waals surface area contributed by atoms with Crippen LogP contribution in [0.1, 0.15) is 31.7 Å². The number of hydrogen-bond acceptors (Lipinski definition) is 2. The highest BCUT2D eigenvalue weighted by molar-refractivity contribution is 5.35. The summed E-state index contributed by atoms with van der Waals surface area (Å²) in [5.41, 5.74) is 0.515. The lowest BCUT2D eigenvalue weighted by molar-refractivity contribution is -0.274. The number of benzene rings is 1. The van der Waals surface area contributed by atoms with Crippen LogP contribution in [0.25, 0.3) is 0 Å². The Morgan fingerprint density at radius 3 is 2.63 bits per heavy atom. The molecule has 1 N–H and O–H groups in total. The molecule has 106 valence electrons. The molecule has 1 fully saturated rings. The van der Waals surface area contributed by atoms with Crippen molar-refractivity contribution in [3.05, 3.63) is 29.8 Å². The predicted octanol–water partition coefficient (Wildman–Crippen LogP) is 3.66. The molecular formula is C14H18F3NO. The number of nitrogens with one attached hydrogen (secondary N) is 1. The minimum absolute atomic E-state index is 0.0866. The van der Waals surface area contributed by atoms with Gasteiger partial charge in [-0.3, -0.25) is 0 Å². The van der Waals surface area contributed by atoms with E-state index in [9.17, 15) is 13.2 Å². The fourth-order valence-electron chi connectivity index (χ4n) is 2.69. The van der Waals surface area contributed by atoms with E-state index in [-0.39, 0.29) is 11.3 Å². The van der Waals surface area contributed by atoms with Gasteiger partial charge in [0, 0.05) is 5.54 Å². The van der Waals surface area contributed by atoms with Crippen molar-refractivity contribution in [1.29, 1.82) is 0 Å². The summed E-state index contributed by atoms with van der Waals surface area (Å²) < 4.78 is 41.2. The fraction of sp³-hybridized carbons (Fsp3) is 0.571. The second kappa shape index (κ2) is 5.41. The lowest BCUT2D eigenvalue weighted by atomic mass is 9.86. The highest BCUT2D eigenvalue weighted by atomic mass is 19.4. The molecule has 19 heavy (non-hydrogen) atoms. The zero-order chi connectivity index (χ0) is 13.9. The molecule has 1 saturated heterocycles. The van der Waals surface area contributed by atoms with E-state index in [0.29, 0.717) is 12.0 Å². The maximum atomic E-state index is 12.4. The summed E-state index contributed by atoms with van der Waals surface area (Å²) in [7, 11) is 0. The Labute approximate surface area is 111 Å². The summed E-state index contributed by atoms with van der Waals surface area (Å²) in [5.74, 6) is -0.0866. The van der Waals surface area contributed by atoms with E-state index in [4.69, 9.17) is 0 Å². The van der Waals surface area contributed by atoms with Crippen molar-refractivity contribution in [3.8, 4) is 5.75 Å². The van der Waals surface area contributed by atoms with Gasteiger partial charge in [-0.05, 0) is 43.9 Å². The first kappa shape index (κ1) is 14.2. The van der Waals surface area contributed by atoms with Gasteiger partial charge in [-0.2, -0.15) is 0 Å². The standard InChI is InChI=1S/C14H18F3NO/c1-2-13(8-5-9-18-13)10-11-6-3-4-7-12(11)19-14(15,16)17/h3-4,6-7,18H,2,5,8-10H2,1H3. The van der Waals surface area contributed by atoms with E-state index in [1.165, 1.54) is 6.07 Å². The van der Waals surface area contributed by atoms with Crippen molar-refractivity contribution in [1.82, 2.24) is 5.32 Å². The minimum Gasteiger partial charge on any atom is -0.406 e. The third-order valence-electron chi connectivity index (χ3n) is 3.74. The van der Waals surface area contributed by atoms with Gasteiger partial charge < -0.3 is 10.1 Å². The molecule has 2 nitrogen and oxygen atoms in total. The van der Waals surface area contributed by atoms with Gasteiger partial charge in [0.15, 0.2) is 0 Å². The van der Waals surface area contributed by atoms with Gasteiger partial charge in [-0.25, -0.2) is 0 Å². The molecule has 1 aromatic rings. The Morgan fingerprint density at radius 1 is 1.32 bits per heavy atom. The summed E-state index contributed by atoms with van der Waals surface area (Å²) in [4.78, 5) is 0. The molecule has 1 atom stereocenters. The second-order valence-electron chi connectivity index (χ2n) is 5.00. The number of hydrogen-bond donors (Lipinski definition) is 1. The largest absolute Gasteiger partial charge is 0.573 e. The fourth-order valence-corrected chi connectivity index (χ4v) is 2.69. The van der Waals surface area contributed by atoms with Crippen LogP contribution in [0.4, 0.5) is 13.2 Å². The van der Waals surface area contributed by atoms with Gasteiger partial charge in [0.1, 0.15) is 5.75 Å². The van der Waals surface area contributed by atoms with E-state index < -0.39 is 6.36 Å². The molecule has 1 aromatic carbocycles. The summed E-state index contributed by atoms with van der Waals surface area (Å²) in [6.07, 6.45) is -1.12. The van der Waals surface area contributed by atoms with Crippen LogP contribution in [0.15, 0.2) is 24.3 Å². The maximum Gasteiger partial charge on any atom is 0.573 e. The molecule has 0 aromatic heterocycles. The van der Waals surface area contributed by atoms with Crippen molar-refractivity contribution in [3.63, 3.8) is 0 Å². The summed E-state index contributed by atoms with van der Waals surface area (Å²) in [5, 5.41) is 3.42. The smallest absolute Gasteiger partial charge is 0.406 e. The Balaban J connectivity index is 2.20. The van der Waals surface area contributed by atoms with Gasteiger partial charge in [-0.15, -0.1) is 13.2 Å². The molecule has 0 amide bonds. The zero-order valence-electron chi connectivity index (χ0n) is 10.9. The van der Waals surface area contributed by atoms with Crippen LogP contribution in [0.3, 0.4) is 0 Å². The Morgan fingerprint density at radius 2 is 2.05 bits per heavy atom. The second-order valence-corrected chi connectivity index (χ2v) is 5.00. The molecule has 1 unspecified atom stereocenters. The Bertz CT molecular complexity index is 425. The van der Waals surface area contributed by atoms with Crippen LogP contribution < -0.4 is 10.1 Å². The van der Waals surface area contributed by atoms with Gasteiger partial charge in [0.05, 0.1) is 0 Å². The number of ether oxygens (including phenoxy) is 1. The van der Waals surface area contributed by atoms with Crippen LogP contribution in [-0.2, 0) is 6.42 Å². The zero-order valence-corrected chi connectivity index (χ0v) is 10.9. The van der Waals surface area contributed by atoms with E-state index >= 15 is 0 Å². The van der Waals surface area contributed by atoms with Crippen molar-refractivity contribution in [2.75, 3.05) is 6.54 Å². The molecule has 1 aliphatic rings. The van der Waals surface area contributed by atoms with E-state index in [1.807, 2.05) is 0 Å². The van der Waals surface area contributed by atoms with Gasteiger partial charge in [0.2, 0.25) is 0 Å². The van der Waals surface area contributed by atoms with Crippen molar-refractivity contribution < 1.29 is 17.9 Å². The van der Waals surface area contributed by atoms with Gasteiger partial charge in [-0.1, -0.05) is 25.1 Å². The number of para-hydroxylation sites is 1. The molecule has 0 aliphatic carbocycles. The normalized spacial score (nSPS) is 23.6. The average Bonchev–Trinajstić information content (AvgIpc) is 2.79. The van der Waals surface area contributed by atoms with Crippen LogP contribution in [0.2, 0.25) is 0 Å². The first-order valence-corrected chi connectivity index (χ1v) is 6.53. The van der Waals surface area contributed by atoms with E-state index in [0.717, 1.165) is 25.8 Å². The number of rotatable bonds is 4. The topological polar surface area (TPSA) is 21.3 Å². The number of alkyl halides is 3. The highest BCUT2D eigenvalue weighted by Gasteiger charge is 2.35. The molecule has 5 heteroatoms. The molecule has 0 saturated carbocycles. The Hall–Kier alpha value is -1.23. The monoisotopic (exact) mass is 273 g/mol. The van der Waals surface area contributed by atoms with Gasteiger partial charge in [0.25, 0.3) is 0 Å². The van der Waals surface area contributed by atoms with E-state index in [2.05, 4.69) is 17.0 Å². The number of halogens is 3. The van der Waals surface area contributed by atoms with Gasteiger partial charge >= 0.3 is 6.36 Å². The molecule has 0 bridgehead atoms. The van der Waals surface area contributed by atoms with Crippen LogP contribution >= 0.6 is 0 Å². The third-order valence-corrected chi connectivity index (χ3v) is 3.74. The lowest BCUT2D eigenvalue weighted by Crippen LogP contribution is -2.41. The first-order valence-electron chi connectivity index (χ1n) is 6.53. The molecular weight excluding hydrogens is 255 g/mol. The predicted molar refractivity (Wildman–Crippen MR) is 67.1 cm³/mol. The molecule has 1 aliphatic heterocycles. The van der Waals surface area contributed by atoms with Crippen LogP contribution in [0.5, 0.6) is 5.75 Å². The van der Waals surface area contributed by atoms with E-state index in [1.54, 1.807) is 18.2 Å². The maximum absolute atomic E-state index is 12.4. The molecule has 0 radical (unpaired) electrons.